The molecule has 0 bridgehead atoms. The summed E-state index contributed by atoms with van der Waals surface area (Å²) in [7, 11) is 0. The van der Waals surface area contributed by atoms with Gasteiger partial charge < -0.3 is 16.8 Å². The molecule has 0 spiro atoms. The van der Waals surface area contributed by atoms with E-state index in [4.69, 9.17) is 11.5 Å². The quantitative estimate of drug-likeness (QED) is 0.475. The van der Waals surface area contributed by atoms with Crippen molar-refractivity contribution in [1.82, 2.24) is 5.32 Å². The molecule has 5 nitrogen and oxygen atoms in total. The van der Waals surface area contributed by atoms with Crippen molar-refractivity contribution in [2.75, 3.05) is 13.1 Å². The molecule has 0 fully saturated rings. The van der Waals surface area contributed by atoms with E-state index in [1.54, 1.807) is 6.92 Å². The molecule has 0 aliphatic heterocycles. The Morgan fingerprint density at radius 1 is 1.50 bits per heavy atom. The Kier molecular flexibility index (Phi) is 5.03. The molecule has 0 heterocycles. The minimum absolute atomic E-state index is 0.103. The van der Waals surface area contributed by atoms with Crippen molar-refractivity contribution in [1.29, 1.82) is 0 Å². The third-order valence-corrected chi connectivity index (χ3v) is 1.48. The molecule has 12 heavy (non-hydrogen) atoms. The lowest BCUT2D eigenvalue weighted by molar-refractivity contribution is -0.127. The van der Waals surface area contributed by atoms with Crippen molar-refractivity contribution >= 4 is 11.8 Å². The van der Waals surface area contributed by atoms with E-state index in [-0.39, 0.29) is 18.4 Å². The Labute approximate surface area is 71.5 Å². The molecule has 0 aliphatic carbocycles. The number of nitrogens with two attached hydrogens (primary N) is 2. The normalized spacial score (nSPS) is 12.2. The highest BCUT2D eigenvalue weighted by Gasteiger charge is 2.11. The summed E-state index contributed by atoms with van der Waals surface area (Å²) >= 11 is 0. The second kappa shape index (κ2) is 5.54. The predicted molar refractivity (Wildman–Crippen MR) is 45.0 cm³/mol. The number of hydrogen-bond acceptors (Lipinski definition) is 3. The fourth-order valence-corrected chi connectivity index (χ4v) is 0.730. The summed E-state index contributed by atoms with van der Waals surface area (Å²) in [6, 6.07) is 0. The maximum absolute atomic E-state index is 11.1. The van der Waals surface area contributed by atoms with Gasteiger partial charge in [0.2, 0.25) is 11.8 Å². The monoisotopic (exact) mass is 173 g/mol. The SMILES string of the molecule is CC(CCN)C(=O)NCC(N)=O. The first-order valence-electron chi connectivity index (χ1n) is 3.84. The number of amides is 2. The number of hydrogen-bond donors (Lipinski definition) is 3. The van der Waals surface area contributed by atoms with Crippen LogP contribution in [0.25, 0.3) is 0 Å². The first-order chi connectivity index (χ1) is 5.57. The summed E-state index contributed by atoms with van der Waals surface area (Å²) in [4.78, 5) is 21.3. The van der Waals surface area contributed by atoms with Gasteiger partial charge in [-0.1, -0.05) is 6.92 Å². The van der Waals surface area contributed by atoms with E-state index in [2.05, 4.69) is 5.32 Å². The van der Waals surface area contributed by atoms with Gasteiger partial charge in [0.15, 0.2) is 0 Å². The summed E-state index contributed by atoms with van der Waals surface area (Å²) in [6.45, 7) is 2.11. The van der Waals surface area contributed by atoms with Crippen LogP contribution < -0.4 is 16.8 Å². The number of rotatable bonds is 5. The van der Waals surface area contributed by atoms with Gasteiger partial charge in [-0.3, -0.25) is 9.59 Å². The molecule has 0 radical (unpaired) electrons. The zero-order valence-electron chi connectivity index (χ0n) is 7.17. The van der Waals surface area contributed by atoms with Gasteiger partial charge in [-0.2, -0.15) is 0 Å². The molecule has 0 aromatic carbocycles. The van der Waals surface area contributed by atoms with Crippen LogP contribution in [0.5, 0.6) is 0 Å². The zero-order chi connectivity index (χ0) is 9.56. The van der Waals surface area contributed by atoms with Gasteiger partial charge >= 0.3 is 0 Å². The standard InChI is InChI=1S/C7H15N3O2/c1-5(2-3-8)7(12)10-4-6(9)11/h5H,2-4,8H2,1H3,(H2,9,11)(H,10,12). The lowest BCUT2D eigenvalue weighted by Crippen LogP contribution is -2.36. The summed E-state index contributed by atoms with van der Waals surface area (Å²) in [5.74, 6) is -0.878. The lowest BCUT2D eigenvalue weighted by atomic mass is 10.1. The van der Waals surface area contributed by atoms with Crippen molar-refractivity contribution < 1.29 is 9.59 Å². The van der Waals surface area contributed by atoms with Crippen LogP contribution in [0.2, 0.25) is 0 Å². The summed E-state index contributed by atoms with van der Waals surface area (Å²) in [5, 5.41) is 2.40. The highest BCUT2D eigenvalue weighted by atomic mass is 16.2. The number of nitrogens with one attached hydrogen (secondary N) is 1. The van der Waals surface area contributed by atoms with E-state index >= 15 is 0 Å². The van der Waals surface area contributed by atoms with Crippen molar-refractivity contribution in [2.45, 2.75) is 13.3 Å². The fourth-order valence-electron chi connectivity index (χ4n) is 0.730. The van der Waals surface area contributed by atoms with Crippen LogP contribution in [0.15, 0.2) is 0 Å². The maximum Gasteiger partial charge on any atom is 0.236 e. The molecule has 1 atom stereocenters. The molecule has 0 saturated carbocycles. The molecule has 2 amide bonds. The van der Waals surface area contributed by atoms with Gasteiger partial charge in [-0.05, 0) is 13.0 Å². The molecule has 70 valence electrons. The predicted octanol–water partition coefficient (Wildman–Crippen LogP) is -1.43. The lowest BCUT2D eigenvalue weighted by Gasteiger charge is -2.08. The Bertz CT molecular complexity index is 170. The smallest absolute Gasteiger partial charge is 0.236 e. The fraction of sp³-hybridized carbons (Fsp3) is 0.714. The summed E-state index contributed by atoms with van der Waals surface area (Å²) < 4.78 is 0. The van der Waals surface area contributed by atoms with Gasteiger partial charge in [-0.15, -0.1) is 0 Å². The van der Waals surface area contributed by atoms with Crippen molar-refractivity contribution in [2.24, 2.45) is 17.4 Å². The minimum atomic E-state index is -0.539. The topological polar surface area (TPSA) is 98.2 Å². The van der Waals surface area contributed by atoms with Crippen molar-refractivity contribution in [3.05, 3.63) is 0 Å². The molecule has 0 saturated heterocycles. The molecular weight excluding hydrogens is 158 g/mol. The van der Waals surface area contributed by atoms with Crippen LogP contribution in [0.4, 0.5) is 0 Å². The molecular formula is C7H15N3O2. The van der Waals surface area contributed by atoms with E-state index in [1.165, 1.54) is 0 Å². The van der Waals surface area contributed by atoms with Gasteiger partial charge in [0.25, 0.3) is 0 Å². The van der Waals surface area contributed by atoms with Crippen LogP contribution in [0.3, 0.4) is 0 Å². The van der Waals surface area contributed by atoms with Crippen LogP contribution in [-0.2, 0) is 9.59 Å². The highest BCUT2D eigenvalue weighted by Crippen LogP contribution is 1.98. The molecule has 5 N–H and O–H groups in total. The second-order valence-corrected chi connectivity index (χ2v) is 2.66. The molecule has 1 unspecified atom stereocenters. The molecule has 5 heteroatoms. The number of carbonyl (C=O) groups is 2. The number of primary amides is 1. The Morgan fingerprint density at radius 2 is 2.08 bits per heavy atom. The first kappa shape index (κ1) is 10.9. The zero-order valence-corrected chi connectivity index (χ0v) is 7.17. The van der Waals surface area contributed by atoms with E-state index in [1.807, 2.05) is 0 Å². The van der Waals surface area contributed by atoms with Crippen molar-refractivity contribution in [3.63, 3.8) is 0 Å². The molecule has 0 aromatic rings. The Balaban J connectivity index is 3.64. The third-order valence-electron chi connectivity index (χ3n) is 1.48. The van der Waals surface area contributed by atoms with Crippen LogP contribution in [-0.4, -0.2) is 24.9 Å². The summed E-state index contributed by atoms with van der Waals surface area (Å²) in [6.07, 6.45) is 0.616. The van der Waals surface area contributed by atoms with Crippen molar-refractivity contribution in [3.8, 4) is 0 Å². The van der Waals surface area contributed by atoms with E-state index < -0.39 is 5.91 Å². The minimum Gasteiger partial charge on any atom is -0.368 e. The van der Waals surface area contributed by atoms with Gasteiger partial charge in [0.05, 0.1) is 6.54 Å². The van der Waals surface area contributed by atoms with Crippen LogP contribution in [0.1, 0.15) is 13.3 Å². The van der Waals surface area contributed by atoms with E-state index in [9.17, 15) is 9.59 Å². The Morgan fingerprint density at radius 3 is 2.50 bits per heavy atom. The maximum atomic E-state index is 11.1. The average Bonchev–Trinajstić information content (AvgIpc) is 2.00. The molecule has 0 aromatic heterocycles. The van der Waals surface area contributed by atoms with Crippen LogP contribution >= 0.6 is 0 Å². The first-order valence-corrected chi connectivity index (χ1v) is 3.84. The van der Waals surface area contributed by atoms with E-state index in [0.29, 0.717) is 13.0 Å². The third kappa shape index (κ3) is 4.68. The number of carbonyl (C=O) groups excluding carboxylic acids is 2. The highest BCUT2D eigenvalue weighted by molar-refractivity contribution is 5.84. The second-order valence-electron chi connectivity index (χ2n) is 2.66. The molecule has 0 aliphatic rings. The van der Waals surface area contributed by atoms with Gasteiger partial charge in [-0.25, -0.2) is 0 Å². The van der Waals surface area contributed by atoms with Gasteiger partial charge in [0.1, 0.15) is 0 Å². The van der Waals surface area contributed by atoms with Gasteiger partial charge in [0, 0.05) is 5.92 Å². The molecule has 0 rings (SSSR count). The summed E-state index contributed by atoms with van der Waals surface area (Å²) in [5.41, 5.74) is 10.1. The van der Waals surface area contributed by atoms with E-state index in [0.717, 1.165) is 0 Å². The Hall–Kier alpha value is -1.10. The van der Waals surface area contributed by atoms with Crippen LogP contribution in [0, 0.1) is 5.92 Å². The largest absolute Gasteiger partial charge is 0.368 e. The average molecular weight is 173 g/mol.